The molecule has 0 spiro atoms. The van der Waals surface area contributed by atoms with Crippen LogP contribution >= 0.6 is 11.8 Å². The molecule has 0 unspecified atom stereocenters. The van der Waals surface area contributed by atoms with Gasteiger partial charge in [-0.3, -0.25) is 0 Å². The summed E-state index contributed by atoms with van der Waals surface area (Å²) < 4.78 is 0. The van der Waals surface area contributed by atoms with Gasteiger partial charge in [0.1, 0.15) is 0 Å². The Morgan fingerprint density at radius 3 is 2.36 bits per heavy atom. The van der Waals surface area contributed by atoms with E-state index in [1.807, 2.05) is 7.05 Å². The Morgan fingerprint density at radius 1 is 1.27 bits per heavy atom. The predicted molar refractivity (Wildman–Crippen MR) is 51.2 cm³/mol. The first-order valence-electron chi connectivity index (χ1n) is 3.55. The maximum absolute atomic E-state index is 4.05. The molecule has 0 saturated carbocycles. The lowest BCUT2D eigenvalue weighted by Gasteiger charge is -2.10. The smallest absolute Gasteiger partial charge is 0.00692 e. The summed E-state index contributed by atoms with van der Waals surface area (Å²) in [7, 11) is 1.84. The van der Waals surface area contributed by atoms with Gasteiger partial charge in [-0.1, -0.05) is 17.7 Å². The summed E-state index contributed by atoms with van der Waals surface area (Å²) in [6, 6.07) is 8.51. The zero-order chi connectivity index (χ0) is 8.10. The van der Waals surface area contributed by atoms with Crippen LogP contribution in [0.25, 0.3) is 5.32 Å². The standard InChI is InChI=1S/C9H12NS/c1-10-7-8-3-5-9(11-2)6-4-8/h3-6H,7H2,1-2H3/q-1. The van der Waals surface area contributed by atoms with Gasteiger partial charge in [-0.05, 0) is 18.4 Å². The SMILES string of the molecule is C[N-]Cc1ccc(SC)cc1. The second-order valence-corrected chi connectivity index (χ2v) is 3.20. The third-order valence-corrected chi connectivity index (χ3v) is 2.24. The Hall–Kier alpha value is -0.470. The summed E-state index contributed by atoms with van der Waals surface area (Å²) in [5, 5.41) is 4.05. The number of hydrogen-bond acceptors (Lipinski definition) is 1. The minimum Gasteiger partial charge on any atom is -0.661 e. The monoisotopic (exact) mass is 166 g/mol. The van der Waals surface area contributed by atoms with Crippen molar-refractivity contribution >= 4 is 11.8 Å². The molecule has 0 N–H and O–H groups in total. The Morgan fingerprint density at radius 2 is 1.91 bits per heavy atom. The first-order valence-corrected chi connectivity index (χ1v) is 4.78. The molecular weight excluding hydrogens is 154 g/mol. The van der Waals surface area contributed by atoms with E-state index < -0.39 is 0 Å². The molecule has 0 aliphatic carbocycles. The molecule has 1 aromatic carbocycles. The van der Waals surface area contributed by atoms with Crippen LogP contribution in [-0.4, -0.2) is 13.3 Å². The van der Waals surface area contributed by atoms with E-state index in [1.165, 1.54) is 10.5 Å². The van der Waals surface area contributed by atoms with Gasteiger partial charge >= 0.3 is 0 Å². The molecule has 1 nitrogen and oxygen atoms in total. The molecule has 0 aromatic heterocycles. The molecule has 0 fully saturated rings. The second kappa shape index (κ2) is 4.42. The fourth-order valence-corrected chi connectivity index (χ4v) is 1.32. The molecular formula is C9H12NS-. The van der Waals surface area contributed by atoms with Gasteiger partial charge in [0.2, 0.25) is 0 Å². The lowest BCUT2D eigenvalue weighted by atomic mass is 10.2. The van der Waals surface area contributed by atoms with E-state index in [4.69, 9.17) is 0 Å². The van der Waals surface area contributed by atoms with Gasteiger partial charge in [0.05, 0.1) is 0 Å². The average Bonchev–Trinajstić information content (AvgIpc) is 2.07. The van der Waals surface area contributed by atoms with Crippen molar-refractivity contribution < 1.29 is 0 Å². The fraction of sp³-hybridized carbons (Fsp3) is 0.333. The minimum atomic E-state index is 0.828. The van der Waals surface area contributed by atoms with Crippen molar-refractivity contribution in [3.63, 3.8) is 0 Å². The third kappa shape index (κ3) is 2.56. The summed E-state index contributed by atoms with van der Waals surface area (Å²) in [5.74, 6) is 0. The third-order valence-electron chi connectivity index (χ3n) is 1.50. The molecule has 0 bridgehead atoms. The van der Waals surface area contributed by atoms with Crippen molar-refractivity contribution in [1.29, 1.82) is 0 Å². The van der Waals surface area contributed by atoms with E-state index in [-0.39, 0.29) is 0 Å². The molecule has 2 heteroatoms. The van der Waals surface area contributed by atoms with Crippen LogP contribution in [0.15, 0.2) is 29.2 Å². The van der Waals surface area contributed by atoms with E-state index >= 15 is 0 Å². The normalized spacial score (nSPS) is 10.0. The molecule has 0 aliphatic heterocycles. The summed E-state index contributed by atoms with van der Waals surface area (Å²) in [6.45, 7) is 0.828. The molecule has 0 radical (unpaired) electrons. The summed E-state index contributed by atoms with van der Waals surface area (Å²) in [5.41, 5.74) is 1.28. The maximum Gasteiger partial charge on any atom is 0.00692 e. The molecule has 60 valence electrons. The van der Waals surface area contributed by atoms with Crippen LogP contribution in [0.5, 0.6) is 0 Å². The molecule has 1 rings (SSSR count). The highest BCUT2D eigenvalue weighted by Crippen LogP contribution is 2.15. The number of benzene rings is 1. The molecule has 1 aromatic rings. The van der Waals surface area contributed by atoms with E-state index in [1.54, 1.807) is 11.8 Å². The van der Waals surface area contributed by atoms with Crippen LogP contribution in [0.3, 0.4) is 0 Å². The van der Waals surface area contributed by atoms with Crippen LogP contribution in [0.1, 0.15) is 5.56 Å². The van der Waals surface area contributed by atoms with E-state index in [2.05, 4.69) is 35.8 Å². The van der Waals surface area contributed by atoms with Gasteiger partial charge < -0.3 is 5.32 Å². The first-order chi connectivity index (χ1) is 5.36. The predicted octanol–water partition coefficient (Wildman–Crippen LogP) is 2.91. The highest BCUT2D eigenvalue weighted by Gasteiger charge is 1.87. The van der Waals surface area contributed by atoms with Crippen LogP contribution in [0, 0.1) is 0 Å². The number of thioether (sulfide) groups is 1. The van der Waals surface area contributed by atoms with Crippen LogP contribution in [-0.2, 0) is 6.54 Å². The molecule has 0 atom stereocenters. The summed E-state index contributed by atoms with van der Waals surface area (Å²) in [4.78, 5) is 1.31. The molecule has 0 saturated heterocycles. The van der Waals surface area contributed by atoms with Crippen LogP contribution in [0.2, 0.25) is 0 Å². The van der Waals surface area contributed by atoms with E-state index in [0.717, 1.165) is 6.54 Å². The van der Waals surface area contributed by atoms with Crippen molar-refractivity contribution in [2.24, 2.45) is 0 Å². The second-order valence-electron chi connectivity index (χ2n) is 2.32. The van der Waals surface area contributed by atoms with Crippen LogP contribution < -0.4 is 0 Å². The van der Waals surface area contributed by atoms with E-state index in [0.29, 0.717) is 0 Å². The Kier molecular flexibility index (Phi) is 3.46. The summed E-state index contributed by atoms with van der Waals surface area (Å²) >= 11 is 1.76. The molecule has 11 heavy (non-hydrogen) atoms. The average molecular weight is 166 g/mol. The Labute approximate surface area is 72.2 Å². The number of nitrogens with zero attached hydrogens (tertiary/aromatic N) is 1. The Balaban J connectivity index is 2.66. The van der Waals surface area contributed by atoms with Gasteiger partial charge in [-0.25, -0.2) is 0 Å². The van der Waals surface area contributed by atoms with Crippen molar-refractivity contribution in [3.8, 4) is 0 Å². The van der Waals surface area contributed by atoms with E-state index in [9.17, 15) is 0 Å². The zero-order valence-corrected chi connectivity index (χ0v) is 7.69. The summed E-state index contributed by atoms with van der Waals surface area (Å²) in [6.07, 6.45) is 2.08. The number of rotatable bonds is 3. The first kappa shape index (κ1) is 8.62. The number of hydrogen-bond donors (Lipinski definition) is 0. The fourth-order valence-electron chi connectivity index (χ4n) is 0.914. The van der Waals surface area contributed by atoms with Crippen LogP contribution in [0.4, 0.5) is 0 Å². The van der Waals surface area contributed by atoms with Gasteiger partial charge in [0.15, 0.2) is 0 Å². The Bertz CT molecular complexity index is 205. The maximum atomic E-state index is 4.05. The largest absolute Gasteiger partial charge is 0.661 e. The van der Waals surface area contributed by atoms with Crippen molar-refractivity contribution in [2.45, 2.75) is 11.4 Å². The quantitative estimate of drug-likeness (QED) is 0.630. The molecule has 0 aliphatic rings. The van der Waals surface area contributed by atoms with Gasteiger partial charge in [-0.2, -0.15) is 7.05 Å². The molecule has 0 amide bonds. The highest BCUT2D eigenvalue weighted by molar-refractivity contribution is 7.98. The van der Waals surface area contributed by atoms with Gasteiger partial charge in [0.25, 0.3) is 0 Å². The highest BCUT2D eigenvalue weighted by atomic mass is 32.2. The molecule has 0 heterocycles. The van der Waals surface area contributed by atoms with Gasteiger partial charge in [0, 0.05) is 4.90 Å². The van der Waals surface area contributed by atoms with Crippen molar-refractivity contribution in [2.75, 3.05) is 13.3 Å². The van der Waals surface area contributed by atoms with Crippen molar-refractivity contribution in [1.82, 2.24) is 0 Å². The topological polar surface area (TPSA) is 14.1 Å². The van der Waals surface area contributed by atoms with Gasteiger partial charge in [-0.15, -0.1) is 18.3 Å². The zero-order valence-electron chi connectivity index (χ0n) is 6.87. The van der Waals surface area contributed by atoms with Crippen molar-refractivity contribution in [3.05, 3.63) is 35.1 Å². The minimum absolute atomic E-state index is 0.828. The lowest BCUT2D eigenvalue weighted by Crippen LogP contribution is -1.80. The lowest BCUT2D eigenvalue weighted by molar-refractivity contribution is 1.18.